The second-order valence-corrected chi connectivity index (χ2v) is 29.9. The minimum atomic E-state index is -5.19. The predicted molar refractivity (Wildman–Crippen MR) is 314 cm³/mol. The van der Waals surface area contributed by atoms with Crippen LogP contribution in [0.5, 0.6) is 23.0 Å². The maximum atomic E-state index is 9.91. The average Bonchev–Trinajstić information content (AvgIpc) is 0.817. The van der Waals surface area contributed by atoms with Gasteiger partial charge in [0.05, 0.1) is 0 Å². The molecule has 12 rings (SSSR count). The monoisotopic (exact) mass is 1000 g/mol. The van der Waals surface area contributed by atoms with Crippen molar-refractivity contribution in [2.24, 2.45) is 0 Å². The van der Waals surface area contributed by atoms with Crippen LogP contribution in [0.1, 0.15) is 66.3 Å². The standard InChI is InChI=1S/C68H60O2Si3/c1-67(2)57-39-19-21-43-61(57)69-65-59(67)41-25-45-63(65)72(49-27-11-7-12-28-49,50-29-13-8-14-30-50)55-37-23-35-53(47-55)71(5,6)54-36-24-38-56(48-54)73(51-31-15-9-16-32-51,52-33-17-10-18-34-52)64-46-26-42-60-66(64)70-62-44-22-20-40-58(62)68(60,3)4/h7-48H,1-6H3/i1D3,3D3,5D3,6D3. The molecule has 5 heteroatoms. The Bertz CT molecular complexity index is 3790. The fraction of sp³-hybridized carbons (Fsp3) is 0.118. The summed E-state index contributed by atoms with van der Waals surface area (Å²) in [5, 5.41) is 6.53. The third-order valence-corrected chi connectivity index (χ3v) is 27.4. The normalized spacial score (nSPS) is 20.1. The van der Waals surface area contributed by atoms with Gasteiger partial charge in [-0.15, -0.1) is 0 Å². The third-order valence-electron chi connectivity index (χ3n) is 15.5. The lowest BCUT2D eigenvalue weighted by molar-refractivity contribution is 0.421. The summed E-state index contributed by atoms with van der Waals surface area (Å²) in [5.41, 5.74) is -1.08. The second kappa shape index (κ2) is 17.9. The van der Waals surface area contributed by atoms with Crippen molar-refractivity contribution in [1.82, 2.24) is 0 Å². The van der Waals surface area contributed by atoms with Gasteiger partial charge in [-0.3, -0.25) is 0 Å². The van der Waals surface area contributed by atoms with E-state index in [1.807, 2.05) is 206 Å². The Hall–Kier alpha value is -7.55. The summed E-state index contributed by atoms with van der Waals surface area (Å²) in [6, 6.07) is 79.8. The smallest absolute Gasteiger partial charge is 0.183 e. The first-order chi connectivity index (χ1) is 40.5. The fourth-order valence-electron chi connectivity index (χ4n) is 11.9. The van der Waals surface area contributed by atoms with Gasteiger partial charge in [-0.05, 0) is 53.6 Å². The van der Waals surface area contributed by atoms with E-state index in [9.17, 15) is 8.22 Å². The van der Waals surface area contributed by atoms with Crippen LogP contribution in [0.15, 0.2) is 255 Å². The van der Waals surface area contributed by atoms with Crippen LogP contribution in [-0.4, -0.2) is 24.2 Å². The van der Waals surface area contributed by atoms with Crippen LogP contribution in [0.25, 0.3) is 0 Å². The number of rotatable bonds is 10. The number of benzene rings is 10. The fourth-order valence-corrected chi connectivity index (χ4v) is 23.8. The van der Waals surface area contributed by atoms with E-state index in [1.165, 1.54) is 0 Å². The van der Waals surface area contributed by atoms with Crippen molar-refractivity contribution in [2.75, 3.05) is 0 Å². The van der Waals surface area contributed by atoms with Gasteiger partial charge in [0.15, 0.2) is 16.1 Å². The zero-order valence-electron chi connectivity index (χ0n) is 52.6. The number of hydrogen-bond donors (Lipinski definition) is 0. The summed E-state index contributed by atoms with van der Waals surface area (Å²) >= 11 is 0. The largest absolute Gasteiger partial charge is 0.457 e. The van der Waals surface area contributed by atoms with E-state index in [-0.39, 0.29) is 10.4 Å². The van der Waals surface area contributed by atoms with E-state index in [0.29, 0.717) is 66.0 Å². The Balaban J connectivity index is 1.17. The molecule has 2 heterocycles. The molecule has 2 aliphatic rings. The molecular weight excluding hydrogens is 933 g/mol. The lowest BCUT2D eigenvalue weighted by Gasteiger charge is -2.41. The number of ether oxygens (including phenoxy) is 2. The number of hydrogen-bond acceptors (Lipinski definition) is 2. The van der Waals surface area contributed by atoms with Gasteiger partial charge >= 0.3 is 0 Å². The molecule has 0 aliphatic carbocycles. The van der Waals surface area contributed by atoms with Gasteiger partial charge in [-0.25, -0.2) is 0 Å². The first kappa shape index (κ1) is 34.8. The highest BCUT2D eigenvalue weighted by atomic mass is 28.3. The summed E-state index contributed by atoms with van der Waals surface area (Å²) in [5.74, 6) is 1.56. The first-order valence-electron chi connectivity index (χ1n) is 30.7. The van der Waals surface area contributed by atoms with Crippen LogP contribution in [0.2, 0.25) is 13.0 Å². The Kier molecular flexibility index (Phi) is 8.51. The topological polar surface area (TPSA) is 18.5 Å². The Morgan fingerprint density at radius 3 is 0.973 bits per heavy atom. The van der Waals surface area contributed by atoms with Crippen LogP contribution < -0.4 is 61.3 Å². The summed E-state index contributed by atoms with van der Waals surface area (Å²) < 4.78 is 129. The number of para-hydroxylation sites is 4. The molecule has 73 heavy (non-hydrogen) atoms. The minimum Gasteiger partial charge on any atom is -0.457 e. The molecule has 2 nitrogen and oxygen atoms in total. The summed E-state index contributed by atoms with van der Waals surface area (Å²) in [6.07, 6.45) is 0. The van der Waals surface area contributed by atoms with Crippen molar-refractivity contribution in [2.45, 2.75) is 51.3 Å². The zero-order chi connectivity index (χ0) is 60.0. The maximum absolute atomic E-state index is 9.91. The summed E-state index contributed by atoms with van der Waals surface area (Å²) in [6.45, 7) is -7.85. The molecule has 0 radical (unpaired) electrons. The lowest BCUT2D eigenvalue weighted by atomic mass is 9.76. The molecule has 0 saturated carbocycles. The Morgan fingerprint density at radius 2 is 0.616 bits per heavy atom. The van der Waals surface area contributed by atoms with Gasteiger partial charge in [0.1, 0.15) is 31.1 Å². The van der Waals surface area contributed by atoms with Gasteiger partial charge < -0.3 is 9.47 Å². The van der Waals surface area contributed by atoms with Crippen molar-refractivity contribution >= 4 is 76.1 Å². The van der Waals surface area contributed by atoms with Gasteiger partial charge in [-0.2, -0.15) is 0 Å². The van der Waals surface area contributed by atoms with Gasteiger partial charge in [0, 0.05) is 49.5 Å². The Morgan fingerprint density at radius 1 is 0.315 bits per heavy atom. The van der Waals surface area contributed by atoms with E-state index in [0.717, 1.165) is 20.7 Å². The second-order valence-electron chi connectivity index (χ2n) is 19.7. The van der Waals surface area contributed by atoms with Crippen LogP contribution in [0.4, 0.5) is 0 Å². The molecule has 356 valence electrons. The third kappa shape index (κ3) is 7.23. The van der Waals surface area contributed by atoms with Gasteiger partial charge in [-0.1, -0.05) is 294 Å². The molecule has 0 aromatic heterocycles. The molecule has 0 bridgehead atoms. The van der Waals surface area contributed by atoms with Gasteiger partial charge in [0.25, 0.3) is 0 Å². The molecule has 0 spiro atoms. The molecule has 10 aromatic carbocycles. The lowest BCUT2D eigenvalue weighted by Crippen LogP contribution is -2.76. The molecule has 2 unspecified atom stereocenters. The SMILES string of the molecule is [2H]C([2H])([2H])C1(C)c2ccccc2Oc2c1cccc2[Si](c1ccccc1)(c1ccccc1)c1cccc([Si](c2cccc([Si](c3ccccc3)(c3ccccc3)c3cccc4c3Oc3ccccc3C4(C)C([2H])([2H])[2H])c2)(C([2H])([2H])[2H])C([2H])([2H])[2H])c1. The van der Waals surface area contributed by atoms with Crippen molar-refractivity contribution in [3.63, 3.8) is 0 Å². The first-order valence-corrected chi connectivity index (χ1v) is 30.7. The summed E-state index contributed by atoms with van der Waals surface area (Å²) in [4.78, 5) is 0. The Labute approximate surface area is 451 Å². The van der Waals surface area contributed by atoms with E-state index in [4.69, 9.17) is 17.7 Å². The van der Waals surface area contributed by atoms with Crippen LogP contribution >= 0.6 is 0 Å². The van der Waals surface area contributed by atoms with Crippen molar-refractivity contribution in [1.29, 1.82) is 0 Å². The molecule has 2 aliphatic heterocycles. The van der Waals surface area contributed by atoms with Crippen molar-refractivity contribution in [3.8, 4) is 23.0 Å². The van der Waals surface area contributed by atoms with Crippen molar-refractivity contribution in [3.05, 3.63) is 277 Å². The quantitative estimate of drug-likeness (QED) is 0.100. The number of fused-ring (bicyclic) bond motifs is 4. The average molecular weight is 1010 g/mol. The highest BCUT2D eigenvalue weighted by molar-refractivity contribution is 7.21. The molecule has 0 N–H and O–H groups in total. The van der Waals surface area contributed by atoms with E-state index in [1.54, 1.807) is 62.4 Å². The molecule has 10 aromatic rings. The summed E-state index contributed by atoms with van der Waals surface area (Å²) in [7, 11) is -13.0. The van der Waals surface area contributed by atoms with E-state index < -0.39 is 61.7 Å². The van der Waals surface area contributed by atoms with Gasteiger partial charge in [0.2, 0.25) is 0 Å². The highest BCUT2D eigenvalue weighted by Gasteiger charge is 2.49. The van der Waals surface area contributed by atoms with E-state index in [2.05, 4.69) is 0 Å². The minimum absolute atomic E-state index is 0.159. The van der Waals surface area contributed by atoms with Crippen molar-refractivity contribution < 1.29 is 25.9 Å². The van der Waals surface area contributed by atoms with Crippen LogP contribution in [0, 0.1) is 0 Å². The highest BCUT2D eigenvalue weighted by Crippen LogP contribution is 2.49. The predicted octanol–water partition coefficient (Wildman–Crippen LogP) is 10.1. The molecule has 0 amide bonds. The van der Waals surface area contributed by atoms with Crippen LogP contribution in [0.3, 0.4) is 0 Å². The zero-order valence-corrected chi connectivity index (χ0v) is 43.6. The molecule has 0 saturated heterocycles. The van der Waals surface area contributed by atoms with E-state index >= 15 is 0 Å². The molecular formula is C68H60O2Si3. The molecule has 2 atom stereocenters. The molecule has 0 fully saturated rings. The van der Waals surface area contributed by atoms with Crippen LogP contribution in [-0.2, 0) is 10.8 Å². The maximum Gasteiger partial charge on any atom is 0.183 e.